The monoisotopic (exact) mass is 330 g/mol. The van der Waals surface area contributed by atoms with Crippen LogP contribution in [0.3, 0.4) is 0 Å². The highest BCUT2D eigenvalue weighted by molar-refractivity contribution is 5.83. The van der Waals surface area contributed by atoms with Crippen LogP contribution in [0.25, 0.3) is 0 Å². The maximum absolute atomic E-state index is 13.5. The lowest BCUT2D eigenvalue weighted by Gasteiger charge is -2.57. The molecular formula is C21H34N2O. The van der Waals surface area contributed by atoms with Gasteiger partial charge in [0.25, 0.3) is 0 Å². The Morgan fingerprint density at radius 2 is 1.29 bits per heavy atom. The molecule has 0 unspecified atom stereocenters. The normalized spacial score (nSPS) is 43.3. The number of carbonyl (C=O) groups excluding carboxylic acids is 1. The minimum absolute atomic E-state index is 0.0797. The molecule has 2 heterocycles. The van der Waals surface area contributed by atoms with Gasteiger partial charge in [-0.05, 0) is 107 Å². The number of likely N-dealkylation sites (tertiary alicyclic amines) is 1. The Balaban J connectivity index is 1.23. The van der Waals surface area contributed by atoms with Gasteiger partial charge in [0.1, 0.15) is 0 Å². The predicted octanol–water partition coefficient (Wildman–Crippen LogP) is 3.44. The van der Waals surface area contributed by atoms with Gasteiger partial charge in [-0.1, -0.05) is 0 Å². The Kier molecular flexibility index (Phi) is 3.92. The summed E-state index contributed by atoms with van der Waals surface area (Å²) in [5, 5.41) is 3.49. The molecule has 0 atom stereocenters. The van der Waals surface area contributed by atoms with E-state index in [-0.39, 0.29) is 5.41 Å². The van der Waals surface area contributed by atoms with Gasteiger partial charge in [-0.3, -0.25) is 4.79 Å². The van der Waals surface area contributed by atoms with E-state index in [9.17, 15) is 4.79 Å². The van der Waals surface area contributed by atoms with Gasteiger partial charge in [-0.15, -0.1) is 0 Å². The lowest BCUT2D eigenvalue weighted by Crippen LogP contribution is -2.56. The first-order valence-corrected chi connectivity index (χ1v) is 10.7. The summed E-state index contributed by atoms with van der Waals surface area (Å²) in [6.45, 7) is 4.51. The average Bonchev–Trinajstić information content (AvgIpc) is 2.61. The van der Waals surface area contributed by atoms with E-state index in [1.165, 1.54) is 77.3 Å². The Hall–Kier alpha value is -0.570. The largest absolute Gasteiger partial charge is 0.342 e. The molecule has 6 rings (SSSR count). The number of amides is 1. The number of carbonyl (C=O) groups is 1. The van der Waals surface area contributed by atoms with E-state index in [2.05, 4.69) is 10.2 Å². The number of nitrogens with one attached hydrogen (secondary N) is 1. The van der Waals surface area contributed by atoms with Crippen molar-refractivity contribution < 1.29 is 4.79 Å². The van der Waals surface area contributed by atoms with E-state index >= 15 is 0 Å². The van der Waals surface area contributed by atoms with Crippen molar-refractivity contribution in [3.63, 3.8) is 0 Å². The van der Waals surface area contributed by atoms with Crippen molar-refractivity contribution in [2.45, 2.75) is 64.2 Å². The van der Waals surface area contributed by atoms with Crippen molar-refractivity contribution in [2.24, 2.45) is 35.0 Å². The summed E-state index contributed by atoms with van der Waals surface area (Å²) >= 11 is 0. The summed E-state index contributed by atoms with van der Waals surface area (Å²) in [4.78, 5) is 15.7. The molecule has 6 fully saturated rings. The molecule has 134 valence electrons. The summed E-state index contributed by atoms with van der Waals surface area (Å²) in [5.74, 6) is 5.02. The second kappa shape index (κ2) is 6.00. The van der Waals surface area contributed by atoms with E-state index in [0.29, 0.717) is 5.91 Å². The van der Waals surface area contributed by atoms with Crippen LogP contribution in [0.5, 0.6) is 0 Å². The molecule has 3 nitrogen and oxygen atoms in total. The lowest BCUT2D eigenvalue weighted by atomic mass is 9.49. The highest BCUT2D eigenvalue weighted by atomic mass is 16.2. The Morgan fingerprint density at radius 1 is 0.792 bits per heavy atom. The second-order valence-electron chi connectivity index (χ2n) is 9.91. The number of hydrogen-bond acceptors (Lipinski definition) is 2. The third-order valence-corrected chi connectivity index (χ3v) is 8.37. The summed E-state index contributed by atoms with van der Waals surface area (Å²) in [7, 11) is 0. The summed E-state index contributed by atoms with van der Waals surface area (Å²) < 4.78 is 0. The molecule has 0 aromatic carbocycles. The molecule has 2 saturated heterocycles. The quantitative estimate of drug-likeness (QED) is 0.841. The zero-order valence-electron chi connectivity index (χ0n) is 15.1. The van der Waals surface area contributed by atoms with Crippen LogP contribution in [0, 0.1) is 35.0 Å². The van der Waals surface area contributed by atoms with Gasteiger partial charge in [-0.25, -0.2) is 0 Å². The van der Waals surface area contributed by atoms with Crippen molar-refractivity contribution >= 4 is 5.91 Å². The molecule has 0 aromatic heterocycles. The van der Waals surface area contributed by atoms with Gasteiger partial charge >= 0.3 is 0 Å². The summed E-state index contributed by atoms with van der Waals surface area (Å²) in [5.41, 5.74) is 0.0797. The minimum Gasteiger partial charge on any atom is -0.342 e. The van der Waals surface area contributed by atoms with Crippen LogP contribution >= 0.6 is 0 Å². The molecule has 3 heteroatoms. The van der Waals surface area contributed by atoms with Crippen molar-refractivity contribution in [1.29, 1.82) is 0 Å². The van der Waals surface area contributed by atoms with Gasteiger partial charge in [0, 0.05) is 13.1 Å². The smallest absolute Gasteiger partial charge is 0.228 e. The van der Waals surface area contributed by atoms with Crippen LogP contribution in [0.4, 0.5) is 0 Å². The van der Waals surface area contributed by atoms with Gasteiger partial charge in [0.15, 0.2) is 0 Å². The molecule has 6 aliphatic rings. The zero-order valence-corrected chi connectivity index (χ0v) is 15.1. The van der Waals surface area contributed by atoms with Gasteiger partial charge in [0.2, 0.25) is 5.91 Å². The van der Waals surface area contributed by atoms with E-state index in [1.807, 2.05) is 0 Å². The van der Waals surface area contributed by atoms with Crippen LogP contribution in [0.2, 0.25) is 0 Å². The third-order valence-electron chi connectivity index (χ3n) is 8.37. The van der Waals surface area contributed by atoms with Gasteiger partial charge in [0.05, 0.1) is 5.41 Å². The third kappa shape index (κ3) is 2.62. The Labute approximate surface area is 146 Å². The van der Waals surface area contributed by atoms with E-state index in [0.717, 1.165) is 42.7 Å². The van der Waals surface area contributed by atoms with Crippen molar-refractivity contribution in [3.05, 3.63) is 0 Å². The van der Waals surface area contributed by atoms with E-state index in [4.69, 9.17) is 0 Å². The Bertz CT molecular complexity index is 453. The Morgan fingerprint density at radius 3 is 1.83 bits per heavy atom. The molecule has 1 N–H and O–H groups in total. The number of nitrogens with zero attached hydrogens (tertiary/aromatic N) is 1. The maximum Gasteiger partial charge on any atom is 0.228 e. The topological polar surface area (TPSA) is 32.3 Å². The standard InChI is InChI=1S/C21H34N2O/c24-20(21-12-15-9-16(13-21)11-17(10-15)14-21)23-7-3-19(4-8-23)18-1-5-22-6-2-18/h15-19,22H,1-14H2. The number of hydrogen-bond donors (Lipinski definition) is 1. The fourth-order valence-corrected chi connectivity index (χ4v) is 7.60. The molecule has 0 radical (unpaired) electrons. The second-order valence-corrected chi connectivity index (χ2v) is 9.91. The zero-order chi connectivity index (χ0) is 16.1. The fraction of sp³-hybridized carbons (Fsp3) is 0.952. The first-order chi connectivity index (χ1) is 11.7. The first kappa shape index (κ1) is 15.7. The summed E-state index contributed by atoms with van der Waals surface area (Å²) in [6, 6.07) is 0. The first-order valence-electron chi connectivity index (χ1n) is 10.7. The van der Waals surface area contributed by atoms with Gasteiger partial charge in [-0.2, -0.15) is 0 Å². The van der Waals surface area contributed by atoms with Crippen LogP contribution in [-0.2, 0) is 4.79 Å². The summed E-state index contributed by atoms with van der Waals surface area (Å²) in [6.07, 6.45) is 13.2. The highest BCUT2D eigenvalue weighted by Crippen LogP contribution is 2.60. The minimum atomic E-state index is 0.0797. The molecular weight excluding hydrogens is 296 g/mol. The van der Waals surface area contributed by atoms with Crippen molar-refractivity contribution in [1.82, 2.24) is 10.2 Å². The van der Waals surface area contributed by atoms with Crippen LogP contribution < -0.4 is 5.32 Å². The predicted molar refractivity (Wildman–Crippen MR) is 95.5 cm³/mol. The maximum atomic E-state index is 13.5. The van der Waals surface area contributed by atoms with Crippen LogP contribution in [0.1, 0.15) is 64.2 Å². The highest BCUT2D eigenvalue weighted by Gasteiger charge is 2.55. The van der Waals surface area contributed by atoms with Crippen molar-refractivity contribution in [2.75, 3.05) is 26.2 Å². The number of rotatable bonds is 2. The van der Waals surface area contributed by atoms with E-state index < -0.39 is 0 Å². The fourth-order valence-electron chi connectivity index (χ4n) is 7.60. The van der Waals surface area contributed by atoms with Gasteiger partial charge < -0.3 is 10.2 Å². The molecule has 0 aromatic rings. The van der Waals surface area contributed by atoms with Crippen LogP contribution in [-0.4, -0.2) is 37.0 Å². The molecule has 24 heavy (non-hydrogen) atoms. The molecule has 1 amide bonds. The van der Waals surface area contributed by atoms with Crippen LogP contribution in [0.15, 0.2) is 0 Å². The molecule has 2 aliphatic heterocycles. The number of piperidine rings is 2. The molecule has 4 aliphatic carbocycles. The van der Waals surface area contributed by atoms with E-state index in [1.54, 1.807) is 0 Å². The molecule has 4 bridgehead atoms. The van der Waals surface area contributed by atoms with Crippen molar-refractivity contribution in [3.8, 4) is 0 Å². The SMILES string of the molecule is O=C(N1CCC(C2CCNCC2)CC1)C12CC3CC(CC(C3)C1)C2. The lowest BCUT2D eigenvalue weighted by molar-refractivity contribution is -0.159. The average molecular weight is 331 g/mol. The molecule has 0 spiro atoms. The molecule has 4 saturated carbocycles.